The predicted molar refractivity (Wildman–Crippen MR) is 85.3 cm³/mol. The first-order valence-corrected chi connectivity index (χ1v) is 10.3. The maximum Gasteiger partial charge on any atom is 0.176 e. The van der Waals surface area contributed by atoms with Gasteiger partial charge in [-0.15, -0.1) is 0 Å². The van der Waals surface area contributed by atoms with Gasteiger partial charge in [0.05, 0.1) is 0 Å². The summed E-state index contributed by atoms with van der Waals surface area (Å²) in [6.45, 7) is 6.84. The molecule has 0 aliphatic carbocycles. The Hall–Kier alpha value is -1.42. The Kier molecular flexibility index (Phi) is 6.49. The molecule has 1 rings (SSSR count). The predicted octanol–water partition coefficient (Wildman–Crippen LogP) is 4.07. The molecule has 0 saturated carbocycles. The second-order valence-electron chi connectivity index (χ2n) is 5.57. The molecule has 0 N–H and O–H groups in total. The third-order valence-corrected chi connectivity index (χ3v) is 4.38. The average molecular weight is 276 g/mol. The van der Waals surface area contributed by atoms with Crippen LogP contribution in [0, 0.1) is 0 Å². The first kappa shape index (κ1) is 15.6. The minimum absolute atomic E-state index is 0.657. The molecule has 0 fully saturated rings. The number of aldehydes is 1. The second-order valence-corrected chi connectivity index (χ2v) is 10.3. The summed E-state index contributed by atoms with van der Waals surface area (Å²) in [5.74, 6) is 0. The maximum absolute atomic E-state index is 10.2. The number of rotatable bonds is 8. The van der Waals surface area contributed by atoms with Gasteiger partial charge < -0.3 is 4.79 Å². The number of anilines is 1. The van der Waals surface area contributed by atoms with Gasteiger partial charge in [0.15, 0.2) is 8.24 Å². The third kappa shape index (κ3) is 5.83. The van der Waals surface area contributed by atoms with Crippen LogP contribution in [0.2, 0.25) is 19.6 Å². The first-order chi connectivity index (χ1) is 9.05. The summed E-state index contributed by atoms with van der Waals surface area (Å²) in [5.41, 5.74) is 1.16. The van der Waals surface area contributed by atoms with Crippen molar-refractivity contribution in [1.82, 2.24) is 0 Å². The van der Waals surface area contributed by atoms with Gasteiger partial charge in [-0.2, -0.15) is 5.10 Å². The van der Waals surface area contributed by atoms with E-state index >= 15 is 0 Å². The molecule has 4 heteroatoms. The van der Waals surface area contributed by atoms with Crippen molar-refractivity contribution < 1.29 is 4.79 Å². The fourth-order valence-electron chi connectivity index (χ4n) is 1.80. The van der Waals surface area contributed by atoms with E-state index in [-0.39, 0.29) is 0 Å². The Morgan fingerprint density at radius 1 is 1.11 bits per heavy atom. The van der Waals surface area contributed by atoms with Gasteiger partial charge in [0.1, 0.15) is 6.29 Å². The third-order valence-electron chi connectivity index (χ3n) is 2.74. The summed E-state index contributed by atoms with van der Waals surface area (Å²) >= 11 is 0. The summed E-state index contributed by atoms with van der Waals surface area (Å²) < 4.78 is 2.17. The van der Waals surface area contributed by atoms with Crippen LogP contribution < -0.4 is 4.67 Å². The zero-order valence-corrected chi connectivity index (χ0v) is 13.2. The molecule has 0 radical (unpaired) electrons. The second kappa shape index (κ2) is 7.89. The molecule has 0 heterocycles. The molecule has 0 bridgehead atoms. The lowest BCUT2D eigenvalue weighted by atomic mass is 10.2. The van der Waals surface area contributed by atoms with Crippen molar-refractivity contribution in [3.63, 3.8) is 0 Å². The van der Waals surface area contributed by atoms with E-state index in [2.05, 4.69) is 41.5 Å². The fourth-order valence-corrected chi connectivity index (χ4v) is 3.15. The van der Waals surface area contributed by atoms with Gasteiger partial charge in [0.2, 0.25) is 0 Å². The largest absolute Gasteiger partial charge is 0.303 e. The van der Waals surface area contributed by atoms with Crippen LogP contribution in [0.5, 0.6) is 0 Å². The molecule has 1 aromatic carbocycles. The smallest absolute Gasteiger partial charge is 0.176 e. The summed E-state index contributed by atoms with van der Waals surface area (Å²) in [4.78, 5) is 10.2. The Bertz CT molecular complexity index is 398. The molecule has 0 atom stereocenters. The first-order valence-electron chi connectivity index (χ1n) is 6.87. The van der Waals surface area contributed by atoms with E-state index in [1.807, 2.05) is 24.4 Å². The van der Waals surface area contributed by atoms with Crippen LogP contribution in [0.1, 0.15) is 25.7 Å². The fraction of sp³-hybridized carbons (Fsp3) is 0.467. The average Bonchev–Trinajstić information content (AvgIpc) is 2.37. The van der Waals surface area contributed by atoms with Gasteiger partial charge >= 0.3 is 0 Å². The van der Waals surface area contributed by atoms with Crippen molar-refractivity contribution in [1.29, 1.82) is 0 Å². The highest BCUT2D eigenvalue weighted by Crippen LogP contribution is 2.21. The van der Waals surface area contributed by atoms with Crippen molar-refractivity contribution in [2.75, 3.05) is 4.67 Å². The molecule has 0 aromatic heterocycles. The highest BCUT2D eigenvalue weighted by Gasteiger charge is 2.23. The van der Waals surface area contributed by atoms with E-state index in [4.69, 9.17) is 0 Å². The highest BCUT2D eigenvalue weighted by molar-refractivity contribution is 6.79. The summed E-state index contributed by atoms with van der Waals surface area (Å²) in [7, 11) is -1.52. The quantitative estimate of drug-likeness (QED) is 0.236. The van der Waals surface area contributed by atoms with E-state index in [1.165, 1.54) is 0 Å². The zero-order chi connectivity index (χ0) is 14.1. The Balaban J connectivity index is 2.62. The number of carbonyl (C=O) groups is 1. The van der Waals surface area contributed by atoms with Gasteiger partial charge in [-0.05, 0) is 51.0 Å². The lowest BCUT2D eigenvalue weighted by Crippen LogP contribution is -2.42. The molecule has 0 unspecified atom stereocenters. The number of nitrogens with zero attached hydrogens (tertiary/aromatic N) is 2. The SMILES string of the molecule is C[Si](C)(C)N(N=CCCCCC=O)c1ccccc1. The molecule has 3 nitrogen and oxygen atoms in total. The minimum atomic E-state index is -1.52. The van der Waals surface area contributed by atoms with Crippen LogP contribution in [0.25, 0.3) is 0 Å². The van der Waals surface area contributed by atoms with Crippen LogP contribution in [0.3, 0.4) is 0 Å². The van der Waals surface area contributed by atoms with Crippen molar-refractivity contribution in [3.05, 3.63) is 30.3 Å². The van der Waals surface area contributed by atoms with E-state index in [1.54, 1.807) is 0 Å². The van der Waals surface area contributed by atoms with Gasteiger partial charge in [-0.3, -0.25) is 4.67 Å². The Morgan fingerprint density at radius 3 is 2.32 bits per heavy atom. The molecular weight excluding hydrogens is 252 g/mol. The minimum Gasteiger partial charge on any atom is -0.303 e. The molecule has 0 amide bonds. The van der Waals surface area contributed by atoms with E-state index < -0.39 is 8.24 Å². The van der Waals surface area contributed by atoms with Crippen LogP contribution in [-0.4, -0.2) is 20.7 Å². The van der Waals surface area contributed by atoms with Crippen molar-refractivity contribution in [3.8, 4) is 0 Å². The number of hydrogen-bond donors (Lipinski definition) is 0. The van der Waals surface area contributed by atoms with Crippen LogP contribution in [-0.2, 0) is 4.79 Å². The maximum atomic E-state index is 10.2. The normalized spacial score (nSPS) is 11.7. The van der Waals surface area contributed by atoms with Crippen molar-refractivity contribution >= 4 is 26.4 Å². The van der Waals surface area contributed by atoms with Crippen molar-refractivity contribution in [2.24, 2.45) is 5.10 Å². The number of unbranched alkanes of at least 4 members (excludes halogenated alkanes) is 3. The summed E-state index contributed by atoms with van der Waals surface area (Å²) in [6.07, 6.45) is 6.53. The Morgan fingerprint density at radius 2 is 1.74 bits per heavy atom. The number of hydrogen-bond acceptors (Lipinski definition) is 3. The molecule has 0 spiro atoms. The molecule has 19 heavy (non-hydrogen) atoms. The lowest BCUT2D eigenvalue weighted by Gasteiger charge is -2.31. The number of hydrazone groups is 1. The lowest BCUT2D eigenvalue weighted by molar-refractivity contribution is -0.107. The van der Waals surface area contributed by atoms with Gasteiger partial charge in [-0.25, -0.2) is 0 Å². The zero-order valence-electron chi connectivity index (χ0n) is 12.2. The molecule has 104 valence electrons. The number of carbonyl (C=O) groups excluding carboxylic acids is 1. The molecule has 1 aromatic rings. The van der Waals surface area contributed by atoms with Crippen LogP contribution in [0.4, 0.5) is 5.69 Å². The van der Waals surface area contributed by atoms with Gasteiger partial charge in [0.25, 0.3) is 0 Å². The highest BCUT2D eigenvalue weighted by atomic mass is 28.3. The molecule has 0 aliphatic heterocycles. The molecule has 0 aliphatic rings. The Labute approximate surface area is 117 Å². The van der Waals surface area contributed by atoms with Crippen LogP contribution >= 0.6 is 0 Å². The topological polar surface area (TPSA) is 32.7 Å². The summed E-state index contributed by atoms with van der Waals surface area (Å²) in [6, 6.07) is 10.3. The van der Waals surface area contributed by atoms with Gasteiger partial charge in [-0.1, -0.05) is 18.2 Å². The monoisotopic (exact) mass is 276 g/mol. The number of para-hydroxylation sites is 1. The summed E-state index contributed by atoms with van der Waals surface area (Å²) in [5, 5.41) is 4.64. The van der Waals surface area contributed by atoms with Crippen molar-refractivity contribution in [2.45, 2.75) is 45.3 Å². The standard InChI is InChI=1S/C15H24N2OSi/c1-19(2,3)17(15-11-7-6-8-12-15)16-13-9-4-5-10-14-18/h6-8,11-14H,4-5,9-10H2,1-3H3. The number of benzene rings is 1. The van der Waals surface area contributed by atoms with E-state index in [0.29, 0.717) is 6.42 Å². The van der Waals surface area contributed by atoms with E-state index in [9.17, 15) is 4.79 Å². The molecule has 0 saturated heterocycles. The van der Waals surface area contributed by atoms with Gasteiger partial charge in [0, 0.05) is 18.3 Å². The van der Waals surface area contributed by atoms with E-state index in [0.717, 1.165) is 31.2 Å². The molecular formula is C15H24N2OSi. The van der Waals surface area contributed by atoms with Crippen LogP contribution in [0.15, 0.2) is 35.4 Å².